The fourth-order valence-electron chi connectivity index (χ4n) is 2.80. The average Bonchev–Trinajstić information content (AvgIpc) is 3.19. The van der Waals surface area contributed by atoms with E-state index in [9.17, 15) is 12.8 Å². The largest absolute Gasteiger partial charge is 0.497 e. The molecule has 30 heavy (non-hydrogen) atoms. The number of aromatic nitrogens is 1. The molecule has 1 N–H and O–H groups in total. The molecule has 1 aromatic heterocycles. The monoisotopic (exact) mass is 424 g/mol. The number of halogens is 1. The zero-order valence-corrected chi connectivity index (χ0v) is 16.7. The molecule has 0 aliphatic rings. The highest BCUT2D eigenvalue weighted by molar-refractivity contribution is 7.91. The van der Waals surface area contributed by atoms with Gasteiger partial charge in [-0.25, -0.2) is 12.8 Å². The Morgan fingerprint density at radius 3 is 2.23 bits per heavy atom. The Kier molecular flexibility index (Phi) is 5.24. The Morgan fingerprint density at radius 1 is 0.933 bits per heavy atom. The molecule has 4 aromatic rings. The van der Waals surface area contributed by atoms with Crippen LogP contribution < -0.4 is 10.1 Å². The number of benzene rings is 3. The van der Waals surface area contributed by atoms with E-state index in [1.165, 1.54) is 12.1 Å². The normalized spacial score (nSPS) is 11.3. The van der Waals surface area contributed by atoms with Crippen LogP contribution in [0.25, 0.3) is 11.5 Å². The van der Waals surface area contributed by atoms with Gasteiger partial charge >= 0.3 is 0 Å². The minimum Gasteiger partial charge on any atom is -0.497 e. The van der Waals surface area contributed by atoms with Gasteiger partial charge in [-0.15, -0.1) is 0 Å². The van der Waals surface area contributed by atoms with Crippen molar-refractivity contribution in [1.82, 2.24) is 4.98 Å². The second-order valence-electron chi connectivity index (χ2n) is 6.33. The topological polar surface area (TPSA) is 81.4 Å². The fourth-order valence-corrected chi connectivity index (χ4v) is 4.06. The average molecular weight is 424 g/mol. The first-order valence-corrected chi connectivity index (χ1v) is 10.4. The molecule has 0 aliphatic heterocycles. The van der Waals surface area contributed by atoms with E-state index in [0.29, 0.717) is 17.0 Å². The van der Waals surface area contributed by atoms with Crippen LogP contribution in [0.3, 0.4) is 0 Å². The molecule has 6 nitrogen and oxygen atoms in total. The summed E-state index contributed by atoms with van der Waals surface area (Å²) in [5, 5.41) is 2.68. The van der Waals surface area contributed by atoms with Crippen LogP contribution in [0.15, 0.2) is 93.2 Å². The maximum Gasteiger partial charge on any atom is 0.238 e. The summed E-state index contributed by atoms with van der Waals surface area (Å²) in [6, 6.07) is 20.4. The van der Waals surface area contributed by atoms with Crippen LogP contribution in [0.4, 0.5) is 16.0 Å². The van der Waals surface area contributed by atoms with Crippen molar-refractivity contribution < 1.29 is 22.0 Å². The summed E-state index contributed by atoms with van der Waals surface area (Å²) < 4.78 is 50.6. The maximum absolute atomic E-state index is 13.3. The predicted molar refractivity (Wildman–Crippen MR) is 110 cm³/mol. The van der Waals surface area contributed by atoms with Crippen molar-refractivity contribution in [2.75, 3.05) is 12.4 Å². The summed E-state index contributed by atoms with van der Waals surface area (Å²) in [4.78, 5) is 4.16. The van der Waals surface area contributed by atoms with Crippen LogP contribution in [-0.2, 0) is 9.84 Å². The third-order valence-electron chi connectivity index (χ3n) is 4.34. The molecule has 4 rings (SSSR count). The molecule has 0 atom stereocenters. The predicted octanol–water partition coefficient (Wildman–Crippen LogP) is 5.07. The number of para-hydroxylation sites is 1. The second kappa shape index (κ2) is 8.00. The molecule has 0 saturated heterocycles. The zero-order chi connectivity index (χ0) is 21.1. The van der Waals surface area contributed by atoms with E-state index < -0.39 is 15.7 Å². The van der Waals surface area contributed by atoms with Gasteiger partial charge in [-0.1, -0.05) is 18.2 Å². The summed E-state index contributed by atoms with van der Waals surface area (Å²) in [5.74, 6) is 0.205. The molecule has 0 amide bonds. The van der Waals surface area contributed by atoms with Crippen molar-refractivity contribution in [3.05, 3.63) is 84.7 Å². The van der Waals surface area contributed by atoms with E-state index in [1.54, 1.807) is 55.6 Å². The summed E-state index contributed by atoms with van der Waals surface area (Å²) in [5.41, 5.74) is 1.21. The molecule has 0 spiro atoms. The quantitative estimate of drug-likeness (QED) is 0.436. The first-order chi connectivity index (χ1) is 14.5. The standard InChI is InChI=1S/C22H17FN2O4S/c1-28-18-11-7-15(8-12-18)20-25-22(21(29-20)24-17-5-3-2-4-6-17)30(26,27)19-13-9-16(23)10-14-19/h2-14,24H,1H3. The van der Waals surface area contributed by atoms with Gasteiger partial charge in [-0.05, 0) is 60.7 Å². The number of methoxy groups -OCH3 is 1. The van der Waals surface area contributed by atoms with Crippen molar-refractivity contribution in [2.24, 2.45) is 0 Å². The first-order valence-electron chi connectivity index (χ1n) is 8.95. The number of rotatable bonds is 6. The van der Waals surface area contributed by atoms with Gasteiger partial charge in [0, 0.05) is 11.3 Å². The summed E-state index contributed by atoms with van der Waals surface area (Å²) >= 11 is 0. The van der Waals surface area contributed by atoms with Crippen LogP contribution in [0.5, 0.6) is 5.75 Å². The van der Waals surface area contributed by atoms with Gasteiger partial charge in [0.25, 0.3) is 0 Å². The van der Waals surface area contributed by atoms with E-state index in [-0.39, 0.29) is 21.7 Å². The number of sulfone groups is 1. The Morgan fingerprint density at radius 2 is 1.60 bits per heavy atom. The lowest BCUT2D eigenvalue weighted by atomic mass is 10.2. The Hall–Kier alpha value is -3.65. The summed E-state index contributed by atoms with van der Waals surface area (Å²) in [6.07, 6.45) is 0. The number of nitrogens with zero attached hydrogens (tertiary/aromatic N) is 1. The lowest BCUT2D eigenvalue weighted by Gasteiger charge is -2.06. The fraction of sp³-hybridized carbons (Fsp3) is 0.0455. The highest BCUT2D eigenvalue weighted by atomic mass is 32.2. The minimum atomic E-state index is -4.07. The van der Waals surface area contributed by atoms with E-state index >= 15 is 0 Å². The number of hydrogen-bond donors (Lipinski definition) is 1. The zero-order valence-electron chi connectivity index (χ0n) is 15.9. The SMILES string of the molecule is COc1ccc(-c2nc(S(=O)(=O)c3ccc(F)cc3)c(Nc3ccccc3)o2)cc1. The molecule has 0 radical (unpaired) electrons. The van der Waals surface area contributed by atoms with E-state index in [2.05, 4.69) is 10.3 Å². The van der Waals surface area contributed by atoms with Crippen molar-refractivity contribution >= 4 is 21.4 Å². The minimum absolute atomic E-state index is 0.0312. The molecule has 0 bridgehead atoms. The third kappa shape index (κ3) is 3.90. The van der Waals surface area contributed by atoms with Gasteiger partial charge in [-0.3, -0.25) is 0 Å². The van der Waals surface area contributed by atoms with Crippen molar-refractivity contribution in [3.63, 3.8) is 0 Å². The van der Waals surface area contributed by atoms with Crippen LogP contribution in [0.1, 0.15) is 0 Å². The Balaban J connectivity index is 1.82. The molecule has 3 aromatic carbocycles. The first kappa shape index (κ1) is 19.7. The molecule has 8 heteroatoms. The number of hydrogen-bond acceptors (Lipinski definition) is 6. The highest BCUT2D eigenvalue weighted by Crippen LogP contribution is 2.34. The van der Waals surface area contributed by atoms with Crippen molar-refractivity contribution in [1.29, 1.82) is 0 Å². The Labute approximate surface area is 172 Å². The molecule has 0 unspecified atom stereocenters. The number of ether oxygens (including phenoxy) is 1. The molecule has 1 heterocycles. The Bertz CT molecular complexity index is 1250. The summed E-state index contributed by atoms with van der Waals surface area (Å²) in [6.45, 7) is 0. The van der Waals surface area contributed by atoms with E-state index in [4.69, 9.17) is 9.15 Å². The third-order valence-corrected chi connectivity index (χ3v) is 6.02. The van der Waals surface area contributed by atoms with Gasteiger partial charge < -0.3 is 14.5 Å². The van der Waals surface area contributed by atoms with Crippen LogP contribution in [0.2, 0.25) is 0 Å². The van der Waals surface area contributed by atoms with Gasteiger partial charge in [0.1, 0.15) is 11.6 Å². The van der Waals surface area contributed by atoms with Crippen LogP contribution in [-0.4, -0.2) is 20.5 Å². The number of anilines is 2. The molecular formula is C22H17FN2O4S. The van der Waals surface area contributed by atoms with Crippen LogP contribution in [0, 0.1) is 5.82 Å². The molecular weight excluding hydrogens is 407 g/mol. The number of nitrogens with one attached hydrogen (secondary N) is 1. The van der Waals surface area contributed by atoms with Gasteiger partial charge in [-0.2, -0.15) is 4.98 Å². The summed E-state index contributed by atoms with van der Waals surface area (Å²) in [7, 11) is -2.51. The lowest BCUT2D eigenvalue weighted by Crippen LogP contribution is -2.05. The highest BCUT2D eigenvalue weighted by Gasteiger charge is 2.29. The van der Waals surface area contributed by atoms with Crippen LogP contribution >= 0.6 is 0 Å². The van der Waals surface area contributed by atoms with Crippen molar-refractivity contribution in [2.45, 2.75) is 9.92 Å². The maximum atomic E-state index is 13.3. The van der Waals surface area contributed by atoms with Crippen molar-refractivity contribution in [3.8, 4) is 17.2 Å². The smallest absolute Gasteiger partial charge is 0.238 e. The second-order valence-corrected chi connectivity index (χ2v) is 8.20. The van der Waals surface area contributed by atoms with Gasteiger partial charge in [0.05, 0.1) is 12.0 Å². The van der Waals surface area contributed by atoms with Gasteiger partial charge in [0.15, 0.2) is 0 Å². The van der Waals surface area contributed by atoms with E-state index in [1.807, 2.05) is 6.07 Å². The molecule has 0 aliphatic carbocycles. The molecule has 152 valence electrons. The molecule has 0 fully saturated rings. The van der Waals surface area contributed by atoms with Gasteiger partial charge in [0.2, 0.25) is 26.6 Å². The lowest BCUT2D eigenvalue weighted by molar-refractivity contribution is 0.415. The number of oxazole rings is 1. The van der Waals surface area contributed by atoms with E-state index in [0.717, 1.165) is 12.1 Å². The molecule has 0 saturated carbocycles.